The lowest BCUT2D eigenvalue weighted by atomic mass is 10.0. The lowest BCUT2D eigenvalue weighted by Gasteiger charge is -2.11. The van der Waals surface area contributed by atoms with Gasteiger partial charge < -0.3 is 0 Å². The molecule has 3 heteroatoms. The van der Waals surface area contributed by atoms with Crippen molar-refractivity contribution in [3.8, 4) is 0 Å². The van der Waals surface area contributed by atoms with Gasteiger partial charge in [0, 0.05) is 0 Å². The van der Waals surface area contributed by atoms with Crippen LogP contribution in [0.2, 0.25) is 0 Å². The molecule has 0 spiro atoms. The molecule has 0 unspecified atom stereocenters. The summed E-state index contributed by atoms with van der Waals surface area (Å²) < 4.78 is 37.2. The van der Waals surface area contributed by atoms with Crippen molar-refractivity contribution in [3.63, 3.8) is 0 Å². The molecule has 1 aromatic carbocycles. The van der Waals surface area contributed by atoms with Crippen molar-refractivity contribution in [1.82, 2.24) is 0 Å². The summed E-state index contributed by atoms with van der Waals surface area (Å²) in [5.74, 6) is 0. The fourth-order valence-electron chi connectivity index (χ4n) is 1.38. The molecule has 0 nitrogen and oxygen atoms in total. The first-order valence-electron chi connectivity index (χ1n) is 10.2. The largest absolute Gasteiger partial charge is 0.416 e. The average Bonchev–Trinajstić information content (AvgIpc) is 2.73. The van der Waals surface area contributed by atoms with Crippen LogP contribution in [0, 0.1) is 6.92 Å². The Hall–Kier alpha value is -1.51. The molecule has 0 heterocycles. The Morgan fingerprint density at radius 2 is 1.37 bits per heavy atom. The Morgan fingerprint density at radius 1 is 0.963 bits per heavy atom. The topological polar surface area (TPSA) is 0 Å². The zero-order valence-corrected chi connectivity index (χ0v) is 19.9. The number of alkyl halides is 3. The first-order chi connectivity index (χ1) is 12.8. The molecular formula is C24H45F3. The van der Waals surface area contributed by atoms with Gasteiger partial charge in [-0.25, -0.2) is 0 Å². The van der Waals surface area contributed by atoms with E-state index in [0.717, 1.165) is 0 Å². The number of hydrogen-bond acceptors (Lipinski definition) is 0. The summed E-state index contributed by atoms with van der Waals surface area (Å²) in [7, 11) is 0. The number of aryl methyl sites for hydroxylation is 2. The zero-order chi connectivity index (χ0) is 23.1. The van der Waals surface area contributed by atoms with Crippen molar-refractivity contribution in [2.75, 3.05) is 0 Å². The van der Waals surface area contributed by atoms with E-state index in [9.17, 15) is 13.2 Å². The Bertz CT molecular complexity index is 441. The van der Waals surface area contributed by atoms with E-state index in [-0.39, 0.29) is 0 Å². The highest BCUT2D eigenvalue weighted by Crippen LogP contribution is 2.32. The fraction of sp³-hybridized carbons (Fsp3) is 0.583. The first-order valence-corrected chi connectivity index (χ1v) is 10.2. The molecule has 0 aliphatic heterocycles. The van der Waals surface area contributed by atoms with E-state index >= 15 is 0 Å². The number of allylic oxidation sites excluding steroid dienone is 3. The summed E-state index contributed by atoms with van der Waals surface area (Å²) in [5, 5.41) is 0. The minimum absolute atomic E-state index is 0.359. The molecule has 0 aliphatic rings. The standard InChI is InChI=1S/C10H11F3.C6H10.4C2H6/c1-3-8-5-4-7(2)6-9(8)10(11,12)13;1-4-6(3)5-2;4*1-2/h4-6H,3H2,1-2H3;4-5H,1H2,2-3H3;4*1-2H3/b;6-5-;;;;. The lowest BCUT2D eigenvalue weighted by Crippen LogP contribution is -2.08. The van der Waals surface area contributed by atoms with E-state index in [1.54, 1.807) is 19.9 Å². The summed E-state index contributed by atoms with van der Waals surface area (Å²) in [6.07, 6.45) is 0.0412. The molecule has 0 aromatic heterocycles. The van der Waals surface area contributed by atoms with Gasteiger partial charge in [0.1, 0.15) is 0 Å². The lowest BCUT2D eigenvalue weighted by molar-refractivity contribution is -0.138. The maximum Gasteiger partial charge on any atom is 0.416 e. The summed E-state index contributed by atoms with van der Waals surface area (Å²) >= 11 is 0. The summed E-state index contributed by atoms with van der Waals surface area (Å²) in [4.78, 5) is 0. The quantitative estimate of drug-likeness (QED) is 0.441. The molecule has 0 aliphatic carbocycles. The third kappa shape index (κ3) is 22.4. The molecule has 1 rings (SSSR count). The number of rotatable bonds is 2. The van der Waals surface area contributed by atoms with Gasteiger partial charge >= 0.3 is 6.18 Å². The van der Waals surface area contributed by atoms with Crippen molar-refractivity contribution in [2.45, 2.75) is 95.7 Å². The van der Waals surface area contributed by atoms with Crippen LogP contribution in [0.5, 0.6) is 0 Å². The average molecular weight is 391 g/mol. The molecule has 162 valence electrons. The van der Waals surface area contributed by atoms with Gasteiger partial charge in [0.15, 0.2) is 0 Å². The van der Waals surface area contributed by atoms with E-state index in [0.29, 0.717) is 17.5 Å². The van der Waals surface area contributed by atoms with Crippen LogP contribution in [0.1, 0.15) is 92.9 Å². The molecule has 0 saturated carbocycles. The molecule has 1 aromatic rings. The van der Waals surface area contributed by atoms with Gasteiger partial charge in [0.2, 0.25) is 0 Å². The Balaban J connectivity index is -0.0000000973. The zero-order valence-electron chi connectivity index (χ0n) is 19.9. The van der Waals surface area contributed by atoms with Gasteiger partial charge in [0.25, 0.3) is 0 Å². The Labute approximate surface area is 168 Å². The summed E-state index contributed by atoms with van der Waals surface area (Å²) in [6, 6.07) is 4.44. The predicted molar refractivity (Wildman–Crippen MR) is 121 cm³/mol. The first kappa shape index (κ1) is 36.4. The van der Waals surface area contributed by atoms with E-state index < -0.39 is 11.7 Å². The fourth-order valence-corrected chi connectivity index (χ4v) is 1.38. The minimum Gasteiger partial charge on any atom is -0.166 e. The highest BCUT2D eigenvalue weighted by Gasteiger charge is 2.32. The highest BCUT2D eigenvalue weighted by atomic mass is 19.4. The minimum atomic E-state index is -4.22. The summed E-state index contributed by atoms with van der Waals surface area (Å²) in [6.45, 7) is 27.0. The van der Waals surface area contributed by atoms with Crippen molar-refractivity contribution in [1.29, 1.82) is 0 Å². The predicted octanol–water partition coefficient (Wildman–Crippen LogP) is 9.82. The number of benzene rings is 1. The Kier molecular flexibility index (Phi) is 36.0. The normalized spacial score (nSPS) is 9.07. The molecule has 0 saturated heterocycles. The molecule has 0 atom stereocenters. The second kappa shape index (κ2) is 26.7. The van der Waals surface area contributed by atoms with E-state index in [1.165, 1.54) is 17.7 Å². The van der Waals surface area contributed by atoms with Gasteiger partial charge in [-0.2, -0.15) is 13.2 Å². The van der Waals surface area contributed by atoms with Crippen molar-refractivity contribution in [2.24, 2.45) is 0 Å². The second-order valence-corrected chi connectivity index (χ2v) is 4.25. The van der Waals surface area contributed by atoms with E-state index in [2.05, 4.69) is 6.58 Å². The Morgan fingerprint density at radius 3 is 1.59 bits per heavy atom. The maximum atomic E-state index is 12.4. The van der Waals surface area contributed by atoms with Crippen LogP contribution in [0.3, 0.4) is 0 Å². The maximum absolute atomic E-state index is 12.4. The number of hydrogen-bond donors (Lipinski definition) is 0. The molecule has 27 heavy (non-hydrogen) atoms. The second-order valence-electron chi connectivity index (χ2n) is 4.25. The monoisotopic (exact) mass is 390 g/mol. The van der Waals surface area contributed by atoms with Crippen LogP contribution in [-0.2, 0) is 12.6 Å². The van der Waals surface area contributed by atoms with Crippen LogP contribution < -0.4 is 0 Å². The smallest absolute Gasteiger partial charge is 0.166 e. The van der Waals surface area contributed by atoms with E-state index in [1.807, 2.05) is 81.4 Å². The van der Waals surface area contributed by atoms with Crippen LogP contribution in [-0.4, -0.2) is 0 Å². The SMILES string of the molecule is C=C/C(C)=C\C.CC.CC.CC.CC.CCc1ccc(C)cc1C(F)(F)F. The number of halogens is 3. The molecule has 0 bridgehead atoms. The molecule has 0 radical (unpaired) electrons. The summed E-state index contributed by atoms with van der Waals surface area (Å²) in [5.41, 5.74) is 1.73. The van der Waals surface area contributed by atoms with Gasteiger partial charge in [0.05, 0.1) is 5.56 Å². The van der Waals surface area contributed by atoms with Crippen LogP contribution in [0.25, 0.3) is 0 Å². The molecule has 0 amide bonds. The molecule has 0 N–H and O–H groups in total. The van der Waals surface area contributed by atoms with Gasteiger partial charge in [-0.3, -0.25) is 0 Å². The molecule has 0 fully saturated rings. The van der Waals surface area contributed by atoms with Crippen LogP contribution in [0.4, 0.5) is 13.2 Å². The molecular weight excluding hydrogens is 345 g/mol. The van der Waals surface area contributed by atoms with Crippen molar-refractivity contribution in [3.05, 3.63) is 59.2 Å². The highest BCUT2D eigenvalue weighted by molar-refractivity contribution is 5.33. The third-order valence-electron chi connectivity index (χ3n) is 2.73. The van der Waals surface area contributed by atoms with Gasteiger partial charge in [-0.1, -0.05) is 104 Å². The van der Waals surface area contributed by atoms with Gasteiger partial charge in [-0.05, 0) is 38.8 Å². The van der Waals surface area contributed by atoms with Crippen molar-refractivity contribution < 1.29 is 13.2 Å². The van der Waals surface area contributed by atoms with Gasteiger partial charge in [-0.15, -0.1) is 0 Å². The van der Waals surface area contributed by atoms with Crippen molar-refractivity contribution >= 4 is 0 Å². The van der Waals surface area contributed by atoms with Crippen LogP contribution in [0.15, 0.2) is 42.5 Å². The van der Waals surface area contributed by atoms with Crippen LogP contribution >= 0.6 is 0 Å². The van der Waals surface area contributed by atoms with E-state index in [4.69, 9.17) is 0 Å². The third-order valence-corrected chi connectivity index (χ3v) is 2.73.